The SMILES string of the molecule is CS(=O)(=O)CCS(=O)(=O)c1cc(N)ccc1Cl. The van der Waals surface area contributed by atoms with E-state index in [-0.39, 0.29) is 15.6 Å². The van der Waals surface area contributed by atoms with E-state index < -0.39 is 31.2 Å². The molecule has 0 amide bonds. The van der Waals surface area contributed by atoms with Crippen molar-refractivity contribution in [2.45, 2.75) is 4.90 Å². The van der Waals surface area contributed by atoms with E-state index >= 15 is 0 Å². The molecule has 17 heavy (non-hydrogen) atoms. The summed E-state index contributed by atoms with van der Waals surface area (Å²) in [6, 6.07) is 4.06. The van der Waals surface area contributed by atoms with Crippen LogP contribution < -0.4 is 5.73 Å². The van der Waals surface area contributed by atoms with Gasteiger partial charge < -0.3 is 5.73 Å². The Hall–Kier alpha value is -0.790. The van der Waals surface area contributed by atoms with Gasteiger partial charge in [-0.15, -0.1) is 0 Å². The summed E-state index contributed by atoms with van der Waals surface area (Å²) in [5, 5.41) is 0.0349. The monoisotopic (exact) mass is 297 g/mol. The molecule has 0 aliphatic carbocycles. The fourth-order valence-electron chi connectivity index (χ4n) is 1.13. The Morgan fingerprint density at radius 1 is 1.18 bits per heavy atom. The van der Waals surface area contributed by atoms with Gasteiger partial charge in [-0.2, -0.15) is 0 Å². The molecule has 0 unspecified atom stereocenters. The molecule has 0 atom stereocenters. The van der Waals surface area contributed by atoms with Gasteiger partial charge in [-0.25, -0.2) is 16.8 Å². The quantitative estimate of drug-likeness (QED) is 0.827. The molecule has 5 nitrogen and oxygen atoms in total. The molecule has 0 radical (unpaired) electrons. The van der Waals surface area contributed by atoms with Crippen LogP contribution >= 0.6 is 11.6 Å². The van der Waals surface area contributed by atoms with Gasteiger partial charge in [0.1, 0.15) is 9.84 Å². The summed E-state index contributed by atoms with van der Waals surface area (Å²) in [5.41, 5.74) is 5.72. The second kappa shape index (κ2) is 4.83. The zero-order chi connectivity index (χ0) is 13.3. The van der Waals surface area contributed by atoms with Crippen LogP contribution in [0.5, 0.6) is 0 Å². The molecule has 0 bridgehead atoms. The van der Waals surface area contributed by atoms with Crippen molar-refractivity contribution >= 4 is 37.0 Å². The van der Waals surface area contributed by atoms with Gasteiger partial charge in [-0.1, -0.05) is 11.6 Å². The van der Waals surface area contributed by atoms with Crippen LogP contribution in [0.25, 0.3) is 0 Å². The van der Waals surface area contributed by atoms with Crippen LogP contribution in [0.15, 0.2) is 23.1 Å². The highest BCUT2D eigenvalue weighted by Crippen LogP contribution is 2.24. The number of benzene rings is 1. The first-order valence-corrected chi connectivity index (χ1v) is 8.66. The van der Waals surface area contributed by atoms with E-state index in [0.29, 0.717) is 0 Å². The molecular formula is C9H12ClNO4S2. The number of nitrogen functional groups attached to an aromatic ring is 1. The van der Waals surface area contributed by atoms with Crippen LogP contribution in [-0.4, -0.2) is 34.6 Å². The minimum atomic E-state index is -3.74. The molecule has 0 aromatic heterocycles. The van der Waals surface area contributed by atoms with E-state index in [9.17, 15) is 16.8 Å². The van der Waals surface area contributed by atoms with E-state index in [1.165, 1.54) is 18.2 Å². The minimum absolute atomic E-state index is 0.0349. The van der Waals surface area contributed by atoms with Gasteiger partial charge in [-0.05, 0) is 18.2 Å². The van der Waals surface area contributed by atoms with E-state index in [4.69, 9.17) is 17.3 Å². The Morgan fingerprint density at radius 3 is 2.29 bits per heavy atom. The van der Waals surface area contributed by atoms with Gasteiger partial charge in [-0.3, -0.25) is 0 Å². The average molecular weight is 298 g/mol. The van der Waals surface area contributed by atoms with Crippen molar-refractivity contribution < 1.29 is 16.8 Å². The van der Waals surface area contributed by atoms with Gasteiger partial charge >= 0.3 is 0 Å². The summed E-state index contributed by atoms with van der Waals surface area (Å²) >= 11 is 5.75. The minimum Gasteiger partial charge on any atom is -0.399 e. The van der Waals surface area contributed by atoms with Crippen LogP contribution in [0.3, 0.4) is 0 Å². The first-order valence-electron chi connectivity index (χ1n) is 4.57. The fraction of sp³-hybridized carbons (Fsp3) is 0.333. The maximum Gasteiger partial charge on any atom is 0.180 e. The molecule has 0 aliphatic heterocycles. The highest BCUT2D eigenvalue weighted by Gasteiger charge is 2.20. The van der Waals surface area contributed by atoms with Gasteiger partial charge in [0.15, 0.2) is 9.84 Å². The number of anilines is 1. The Kier molecular flexibility index (Phi) is 4.06. The number of hydrogen-bond donors (Lipinski definition) is 1. The summed E-state index contributed by atoms with van der Waals surface area (Å²) in [7, 11) is -7.08. The third-order valence-electron chi connectivity index (χ3n) is 2.01. The molecule has 8 heteroatoms. The van der Waals surface area contributed by atoms with Crippen molar-refractivity contribution in [2.24, 2.45) is 0 Å². The summed E-state index contributed by atoms with van der Waals surface area (Å²) in [4.78, 5) is -0.136. The summed E-state index contributed by atoms with van der Waals surface area (Å²) in [6.07, 6.45) is 0.976. The lowest BCUT2D eigenvalue weighted by Gasteiger charge is -2.06. The number of nitrogens with two attached hydrogens (primary N) is 1. The van der Waals surface area contributed by atoms with Crippen molar-refractivity contribution in [2.75, 3.05) is 23.5 Å². The van der Waals surface area contributed by atoms with E-state index in [1.54, 1.807) is 0 Å². The molecule has 1 aromatic carbocycles. The number of rotatable bonds is 4. The summed E-state index contributed by atoms with van der Waals surface area (Å²) < 4.78 is 45.6. The molecule has 1 rings (SSSR count). The van der Waals surface area contributed by atoms with Gasteiger partial charge in [0.25, 0.3) is 0 Å². The molecule has 0 heterocycles. The first-order chi connectivity index (χ1) is 7.62. The molecule has 0 saturated carbocycles. The topological polar surface area (TPSA) is 94.3 Å². The van der Waals surface area contributed by atoms with Crippen LogP contribution in [0.2, 0.25) is 5.02 Å². The second-order valence-electron chi connectivity index (χ2n) is 3.64. The summed E-state index contributed by atoms with van der Waals surface area (Å²) in [5.74, 6) is -0.949. The molecule has 2 N–H and O–H groups in total. The lowest BCUT2D eigenvalue weighted by atomic mass is 10.3. The standard InChI is InChI=1S/C9H12ClNO4S2/c1-16(12,13)4-5-17(14,15)9-6-7(11)2-3-8(9)10/h2-3,6H,4-5,11H2,1H3. The summed E-state index contributed by atoms with van der Waals surface area (Å²) in [6.45, 7) is 0. The Bertz CT molecular complexity index is 622. The largest absolute Gasteiger partial charge is 0.399 e. The number of sulfone groups is 2. The normalized spacial score (nSPS) is 12.6. The molecule has 96 valence electrons. The van der Waals surface area contributed by atoms with Gasteiger partial charge in [0.05, 0.1) is 21.4 Å². The van der Waals surface area contributed by atoms with E-state index in [1.807, 2.05) is 0 Å². The maximum absolute atomic E-state index is 11.8. The highest BCUT2D eigenvalue weighted by atomic mass is 35.5. The van der Waals surface area contributed by atoms with Crippen molar-refractivity contribution in [3.8, 4) is 0 Å². The Labute approximate surface area is 105 Å². The lowest BCUT2D eigenvalue weighted by molar-refractivity contribution is 0.590. The lowest BCUT2D eigenvalue weighted by Crippen LogP contribution is -2.16. The van der Waals surface area contributed by atoms with Gasteiger partial charge in [0, 0.05) is 11.9 Å². The molecule has 0 spiro atoms. The Morgan fingerprint density at radius 2 is 1.76 bits per heavy atom. The van der Waals surface area contributed by atoms with Crippen molar-refractivity contribution in [3.63, 3.8) is 0 Å². The molecule has 1 aromatic rings. The third-order valence-corrected chi connectivity index (χ3v) is 5.41. The zero-order valence-electron chi connectivity index (χ0n) is 9.05. The van der Waals surface area contributed by atoms with E-state index in [2.05, 4.69) is 0 Å². The average Bonchev–Trinajstić information content (AvgIpc) is 2.18. The predicted molar refractivity (Wildman–Crippen MR) is 67.6 cm³/mol. The van der Waals surface area contributed by atoms with Crippen LogP contribution in [0, 0.1) is 0 Å². The van der Waals surface area contributed by atoms with Crippen molar-refractivity contribution in [1.29, 1.82) is 0 Å². The first kappa shape index (κ1) is 14.3. The number of halogens is 1. The second-order valence-corrected chi connectivity index (χ2v) is 8.38. The molecule has 0 fully saturated rings. The third kappa shape index (κ3) is 4.18. The van der Waals surface area contributed by atoms with Crippen LogP contribution in [0.1, 0.15) is 0 Å². The van der Waals surface area contributed by atoms with Gasteiger partial charge in [0.2, 0.25) is 0 Å². The molecule has 0 aliphatic rings. The smallest absolute Gasteiger partial charge is 0.180 e. The molecule has 0 saturated heterocycles. The van der Waals surface area contributed by atoms with E-state index in [0.717, 1.165) is 6.26 Å². The zero-order valence-corrected chi connectivity index (χ0v) is 11.4. The Balaban J connectivity index is 3.10. The molecular weight excluding hydrogens is 286 g/mol. The fourth-order valence-corrected chi connectivity index (χ4v) is 4.59. The predicted octanol–water partition coefficient (Wildman–Crippen LogP) is 0.741. The van der Waals surface area contributed by atoms with Crippen molar-refractivity contribution in [1.82, 2.24) is 0 Å². The van der Waals surface area contributed by atoms with Crippen molar-refractivity contribution in [3.05, 3.63) is 23.2 Å². The van der Waals surface area contributed by atoms with Crippen LogP contribution in [0.4, 0.5) is 5.69 Å². The maximum atomic E-state index is 11.8. The van der Waals surface area contributed by atoms with Crippen LogP contribution in [-0.2, 0) is 19.7 Å². The number of hydrogen-bond acceptors (Lipinski definition) is 5. The highest BCUT2D eigenvalue weighted by molar-refractivity contribution is 7.94.